The Balaban J connectivity index is 2.42. The van der Waals surface area contributed by atoms with E-state index in [4.69, 9.17) is 10.5 Å². The number of rotatable bonds is 2. The van der Waals surface area contributed by atoms with Gasteiger partial charge in [-0.15, -0.1) is 0 Å². The van der Waals surface area contributed by atoms with Crippen LogP contribution in [0.25, 0.3) is 0 Å². The fourth-order valence-electron chi connectivity index (χ4n) is 3.01. The molecule has 2 N–H and O–H groups in total. The van der Waals surface area contributed by atoms with E-state index < -0.39 is 0 Å². The summed E-state index contributed by atoms with van der Waals surface area (Å²) in [4.78, 5) is 0. The molecule has 0 atom stereocenters. The third-order valence-electron chi connectivity index (χ3n) is 4.24. The molecule has 1 aromatic rings. The summed E-state index contributed by atoms with van der Waals surface area (Å²) in [6.07, 6.45) is 6.05. The average Bonchev–Trinajstić information content (AvgIpc) is 2.33. The van der Waals surface area contributed by atoms with Crippen LogP contribution < -0.4 is 10.5 Å². The zero-order chi connectivity index (χ0) is 12.5. The summed E-state index contributed by atoms with van der Waals surface area (Å²) >= 11 is 0. The van der Waals surface area contributed by atoms with Crippen LogP contribution in [0, 0.1) is 13.8 Å². The van der Waals surface area contributed by atoms with Crippen molar-refractivity contribution < 1.29 is 4.74 Å². The Morgan fingerprint density at radius 2 is 1.71 bits per heavy atom. The highest BCUT2D eigenvalue weighted by atomic mass is 16.5. The summed E-state index contributed by atoms with van der Waals surface area (Å²) in [6.45, 7) is 4.28. The quantitative estimate of drug-likeness (QED) is 0.849. The molecular weight excluding hydrogens is 210 g/mol. The first-order valence-corrected chi connectivity index (χ1v) is 6.52. The summed E-state index contributed by atoms with van der Waals surface area (Å²) in [5, 5.41) is 0. The van der Waals surface area contributed by atoms with Crippen molar-refractivity contribution in [2.75, 3.05) is 7.11 Å². The lowest BCUT2D eigenvalue weighted by molar-refractivity contribution is 0.300. The lowest BCUT2D eigenvalue weighted by atomic mass is 9.75. The molecule has 0 bridgehead atoms. The van der Waals surface area contributed by atoms with Crippen molar-refractivity contribution in [2.45, 2.75) is 51.5 Å². The van der Waals surface area contributed by atoms with Crippen LogP contribution in [0.3, 0.4) is 0 Å². The molecule has 1 saturated carbocycles. The third kappa shape index (κ3) is 2.19. The van der Waals surface area contributed by atoms with E-state index in [0.29, 0.717) is 0 Å². The van der Waals surface area contributed by atoms with Crippen LogP contribution in [-0.4, -0.2) is 7.11 Å². The minimum absolute atomic E-state index is 0.112. The zero-order valence-corrected chi connectivity index (χ0v) is 11.2. The van der Waals surface area contributed by atoms with Gasteiger partial charge in [-0.2, -0.15) is 0 Å². The van der Waals surface area contributed by atoms with Crippen LogP contribution in [0.5, 0.6) is 5.75 Å². The van der Waals surface area contributed by atoms with Gasteiger partial charge in [0, 0.05) is 5.54 Å². The van der Waals surface area contributed by atoms with Gasteiger partial charge in [-0.05, 0) is 49.4 Å². The predicted molar refractivity (Wildman–Crippen MR) is 71.4 cm³/mol. The second-order valence-corrected chi connectivity index (χ2v) is 5.28. The van der Waals surface area contributed by atoms with E-state index in [-0.39, 0.29) is 5.54 Å². The van der Waals surface area contributed by atoms with E-state index in [1.807, 2.05) is 0 Å². The molecule has 0 spiro atoms. The maximum Gasteiger partial charge on any atom is 0.122 e. The summed E-state index contributed by atoms with van der Waals surface area (Å²) in [7, 11) is 1.72. The summed E-state index contributed by atoms with van der Waals surface area (Å²) in [5.74, 6) is 0.964. The van der Waals surface area contributed by atoms with Crippen LogP contribution in [0.15, 0.2) is 12.1 Å². The van der Waals surface area contributed by atoms with Gasteiger partial charge in [0.1, 0.15) is 5.75 Å². The summed E-state index contributed by atoms with van der Waals surface area (Å²) in [5.41, 5.74) is 10.3. The molecule has 2 nitrogen and oxygen atoms in total. The standard InChI is InChI=1S/C15H23NO/c1-11-12(2)14(17-3)8-7-13(11)15(16)9-5-4-6-10-15/h7-8H,4-6,9-10,16H2,1-3H3. The van der Waals surface area contributed by atoms with E-state index >= 15 is 0 Å². The van der Waals surface area contributed by atoms with Crippen molar-refractivity contribution in [3.63, 3.8) is 0 Å². The normalized spacial score (nSPS) is 19.1. The van der Waals surface area contributed by atoms with Gasteiger partial charge < -0.3 is 10.5 Å². The zero-order valence-electron chi connectivity index (χ0n) is 11.2. The second kappa shape index (κ2) is 4.69. The molecule has 1 aromatic carbocycles. The van der Waals surface area contributed by atoms with E-state index in [9.17, 15) is 0 Å². The minimum atomic E-state index is -0.112. The second-order valence-electron chi connectivity index (χ2n) is 5.28. The number of ether oxygens (including phenoxy) is 1. The van der Waals surface area contributed by atoms with E-state index in [2.05, 4.69) is 26.0 Å². The van der Waals surface area contributed by atoms with Crippen molar-refractivity contribution >= 4 is 0 Å². The molecule has 0 heterocycles. The highest BCUT2D eigenvalue weighted by Crippen LogP contribution is 2.38. The molecule has 1 aliphatic rings. The van der Waals surface area contributed by atoms with Crippen LogP contribution in [0.1, 0.15) is 48.8 Å². The maximum absolute atomic E-state index is 6.60. The monoisotopic (exact) mass is 233 g/mol. The van der Waals surface area contributed by atoms with Crippen molar-refractivity contribution in [2.24, 2.45) is 5.73 Å². The molecule has 0 amide bonds. The molecule has 1 fully saturated rings. The summed E-state index contributed by atoms with van der Waals surface area (Å²) in [6, 6.07) is 4.22. The number of hydrogen-bond donors (Lipinski definition) is 1. The Kier molecular flexibility index (Phi) is 3.43. The topological polar surface area (TPSA) is 35.2 Å². The van der Waals surface area contributed by atoms with Crippen molar-refractivity contribution in [3.8, 4) is 5.75 Å². The molecule has 0 aliphatic heterocycles. The first-order chi connectivity index (χ1) is 8.08. The van der Waals surface area contributed by atoms with Crippen molar-refractivity contribution in [1.82, 2.24) is 0 Å². The highest BCUT2D eigenvalue weighted by Gasteiger charge is 2.31. The number of hydrogen-bond acceptors (Lipinski definition) is 2. The third-order valence-corrected chi connectivity index (χ3v) is 4.24. The van der Waals surface area contributed by atoms with Crippen LogP contribution >= 0.6 is 0 Å². The first-order valence-electron chi connectivity index (χ1n) is 6.52. The Bertz CT molecular complexity index is 406. The molecule has 2 heteroatoms. The van der Waals surface area contributed by atoms with Crippen LogP contribution in [0.2, 0.25) is 0 Å². The van der Waals surface area contributed by atoms with E-state index in [1.165, 1.54) is 36.0 Å². The Morgan fingerprint density at radius 3 is 2.29 bits per heavy atom. The van der Waals surface area contributed by atoms with Crippen molar-refractivity contribution in [1.29, 1.82) is 0 Å². The SMILES string of the molecule is COc1ccc(C2(N)CCCCC2)c(C)c1C. The molecule has 0 unspecified atom stereocenters. The maximum atomic E-state index is 6.60. The molecular formula is C15H23NO. The lowest BCUT2D eigenvalue weighted by Gasteiger charge is -2.35. The Morgan fingerprint density at radius 1 is 1.06 bits per heavy atom. The fourth-order valence-corrected chi connectivity index (χ4v) is 3.01. The molecule has 2 rings (SSSR count). The van der Waals surface area contributed by atoms with Gasteiger partial charge >= 0.3 is 0 Å². The molecule has 94 valence electrons. The molecule has 17 heavy (non-hydrogen) atoms. The number of methoxy groups -OCH3 is 1. The lowest BCUT2D eigenvalue weighted by Crippen LogP contribution is -2.39. The molecule has 0 radical (unpaired) electrons. The van der Waals surface area contributed by atoms with E-state index in [1.54, 1.807) is 7.11 Å². The molecule has 0 saturated heterocycles. The minimum Gasteiger partial charge on any atom is -0.496 e. The smallest absolute Gasteiger partial charge is 0.122 e. The van der Waals surface area contributed by atoms with Crippen LogP contribution in [0.4, 0.5) is 0 Å². The first kappa shape index (κ1) is 12.4. The average molecular weight is 233 g/mol. The van der Waals surface area contributed by atoms with Gasteiger partial charge in [0.05, 0.1) is 7.11 Å². The van der Waals surface area contributed by atoms with Gasteiger partial charge in [-0.25, -0.2) is 0 Å². The van der Waals surface area contributed by atoms with Crippen molar-refractivity contribution in [3.05, 3.63) is 28.8 Å². The van der Waals surface area contributed by atoms with Gasteiger partial charge in [0.15, 0.2) is 0 Å². The summed E-state index contributed by atoms with van der Waals surface area (Å²) < 4.78 is 5.36. The van der Waals surface area contributed by atoms with Gasteiger partial charge in [0.25, 0.3) is 0 Å². The number of nitrogens with two attached hydrogens (primary N) is 1. The van der Waals surface area contributed by atoms with Gasteiger partial charge in [0.2, 0.25) is 0 Å². The number of benzene rings is 1. The molecule has 0 aromatic heterocycles. The predicted octanol–water partition coefficient (Wildman–Crippen LogP) is 3.43. The van der Waals surface area contributed by atoms with E-state index in [0.717, 1.165) is 18.6 Å². The highest BCUT2D eigenvalue weighted by molar-refractivity contribution is 5.46. The molecule has 1 aliphatic carbocycles. The fraction of sp³-hybridized carbons (Fsp3) is 0.600. The Hall–Kier alpha value is -1.02. The largest absolute Gasteiger partial charge is 0.496 e. The van der Waals surface area contributed by atoms with Crippen LogP contribution in [-0.2, 0) is 5.54 Å². The van der Waals surface area contributed by atoms with Gasteiger partial charge in [-0.3, -0.25) is 0 Å². The Labute approximate surface area is 104 Å². The van der Waals surface area contributed by atoms with Gasteiger partial charge in [-0.1, -0.05) is 25.3 Å².